The summed E-state index contributed by atoms with van der Waals surface area (Å²) in [5, 5.41) is 3.04. The van der Waals surface area contributed by atoms with Gasteiger partial charge in [-0.05, 0) is 19.9 Å². The van der Waals surface area contributed by atoms with Crippen LogP contribution in [0.3, 0.4) is 0 Å². The minimum atomic E-state index is -4.32. The summed E-state index contributed by atoms with van der Waals surface area (Å²) in [5.74, 6) is -0.748. The largest absolute Gasteiger partial charge is 0.406 e. The van der Waals surface area contributed by atoms with Crippen molar-refractivity contribution in [2.75, 3.05) is 20.1 Å². The summed E-state index contributed by atoms with van der Waals surface area (Å²) in [6, 6.07) is -0.0341. The van der Waals surface area contributed by atoms with Gasteiger partial charge in [-0.2, -0.15) is 13.2 Å². The normalized spacial score (nSPS) is 26.7. The van der Waals surface area contributed by atoms with Crippen LogP contribution in [0, 0.1) is 5.92 Å². The number of nitrogens with one attached hydrogen (secondary N) is 1. The lowest BCUT2D eigenvalue weighted by Gasteiger charge is -2.24. The lowest BCUT2D eigenvalue weighted by atomic mass is 10.0. The highest BCUT2D eigenvalue weighted by molar-refractivity contribution is 5.79. The molecular formula is C9H15F3N2O. The second-order valence-corrected chi connectivity index (χ2v) is 3.95. The molecule has 0 radical (unpaired) electrons. The summed E-state index contributed by atoms with van der Waals surface area (Å²) in [7, 11) is 1.20. The number of nitrogens with zero attached hydrogens (tertiary/aromatic N) is 1. The predicted molar refractivity (Wildman–Crippen MR) is 49.3 cm³/mol. The molecule has 3 nitrogen and oxygen atoms in total. The van der Waals surface area contributed by atoms with E-state index in [1.54, 1.807) is 0 Å². The number of carbonyl (C=O) groups excluding carboxylic acids is 1. The summed E-state index contributed by atoms with van der Waals surface area (Å²) in [6.07, 6.45) is -3.71. The molecule has 1 rings (SSSR count). The van der Waals surface area contributed by atoms with Crippen molar-refractivity contribution in [1.29, 1.82) is 0 Å². The Bertz CT molecular complexity index is 242. The Hall–Kier alpha value is -0.780. The number of amides is 1. The molecule has 6 heteroatoms. The number of alkyl halides is 3. The van der Waals surface area contributed by atoms with Gasteiger partial charge in [0.2, 0.25) is 5.91 Å². The Morgan fingerprint density at radius 2 is 2.13 bits per heavy atom. The lowest BCUT2D eigenvalue weighted by molar-refractivity contribution is -0.161. The van der Waals surface area contributed by atoms with Gasteiger partial charge in [0.1, 0.15) is 6.54 Å². The molecular weight excluding hydrogens is 209 g/mol. The highest BCUT2D eigenvalue weighted by Crippen LogP contribution is 2.21. The van der Waals surface area contributed by atoms with Crippen LogP contribution < -0.4 is 5.32 Å². The Morgan fingerprint density at radius 1 is 1.53 bits per heavy atom. The van der Waals surface area contributed by atoms with E-state index in [1.165, 1.54) is 7.05 Å². The molecule has 1 N–H and O–H groups in total. The fourth-order valence-corrected chi connectivity index (χ4v) is 1.83. The van der Waals surface area contributed by atoms with Gasteiger partial charge >= 0.3 is 6.18 Å². The van der Waals surface area contributed by atoms with Gasteiger partial charge in [-0.3, -0.25) is 4.79 Å². The first-order valence-corrected chi connectivity index (χ1v) is 4.86. The van der Waals surface area contributed by atoms with Crippen molar-refractivity contribution < 1.29 is 18.0 Å². The first-order valence-electron chi connectivity index (χ1n) is 4.86. The van der Waals surface area contributed by atoms with Gasteiger partial charge in [-0.15, -0.1) is 0 Å². The van der Waals surface area contributed by atoms with Crippen LogP contribution in [-0.4, -0.2) is 43.2 Å². The zero-order valence-electron chi connectivity index (χ0n) is 8.77. The second kappa shape index (κ2) is 4.38. The second-order valence-electron chi connectivity index (χ2n) is 3.95. The molecule has 0 aromatic heterocycles. The van der Waals surface area contributed by atoms with E-state index in [0.717, 1.165) is 4.90 Å². The van der Waals surface area contributed by atoms with E-state index in [2.05, 4.69) is 5.32 Å². The molecule has 88 valence electrons. The van der Waals surface area contributed by atoms with Crippen molar-refractivity contribution in [3.05, 3.63) is 0 Å². The summed E-state index contributed by atoms with van der Waals surface area (Å²) < 4.78 is 36.1. The molecule has 1 saturated heterocycles. The molecule has 0 aliphatic carbocycles. The van der Waals surface area contributed by atoms with Gasteiger partial charge in [-0.25, -0.2) is 0 Å². The minimum absolute atomic E-state index is 0.0341. The number of rotatable bonds is 2. The molecule has 0 spiro atoms. The van der Waals surface area contributed by atoms with E-state index in [-0.39, 0.29) is 12.0 Å². The van der Waals surface area contributed by atoms with Crippen LogP contribution in [0.25, 0.3) is 0 Å². The van der Waals surface area contributed by atoms with E-state index < -0.39 is 18.6 Å². The van der Waals surface area contributed by atoms with Crippen LogP contribution in [-0.2, 0) is 4.79 Å². The number of hydrogen-bond acceptors (Lipinski definition) is 2. The lowest BCUT2D eigenvalue weighted by Crippen LogP contribution is -2.42. The van der Waals surface area contributed by atoms with Gasteiger partial charge in [0.15, 0.2) is 0 Å². The zero-order chi connectivity index (χ0) is 11.6. The number of carbonyl (C=O) groups is 1. The average molecular weight is 224 g/mol. The zero-order valence-corrected chi connectivity index (χ0v) is 8.77. The topological polar surface area (TPSA) is 32.3 Å². The molecule has 0 bridgehead atoms. The van der Waals surface area contributed by atoms with E-state index in [9.17, 15) is 18.0 Å². The Balaban J connectivity index is 2.52. The Morgan fingerprint density at radius 3 is 2.53 bits per heavy atom. The summed E-state index contributed by atoms with van der Waals surface area (Å²) >= 11 is 0. The van der Waals surface area contributed by atoms with E-state index in [0.29, 0.717) is 13.0 Å². The average Bonchev–Trinajstić information content (AvgIpc) is 2.47. The van der Waals surface area contributed by atoms with Crippen LogP contribution in [0.2, 0.25) is 0 Å². The molecule has 15 heavy (non-hydrogen) atoms. The number of hydrogen-bond donors (Lipinski definition) is 1. The third-order valence-corrected chi connectivity index (χ3v) is 2.64. The van der Waals surface area contributed by atoms with E-state index in [1.807, 2.05) is 6.92 Å². The molecule has 1 heterocycles. The maximum Gasteiger partial charge on any atom is 0.406 e. The smallest absolute Gasteiger partial charge is 0.336 e. The van der Waals surface area contributed by atoms with Crippen molar-refractivity contribution >= 4 is 5.91 Å². The van der Waals surface area contributed by atoms with E-state index >= 15 is 0 Å². The maximum absolute atomic E-state index is 12.0. The predicted octanol–water partition coefficient (Wildman–Crippen LogP) is 1.01. The van der Waals surface area contributed by atoms with Gasteiger partial charge < -0.3 is 10.2 Å². The van der Waals surface area contributed by atoms with Crippen LogP contribution in [0.15, 0.2) is 0 Å². The standard InChI is InChI=1S/C9H15F3N2O/c1-6-7(3-4-13-6)8(15)14(2)5-9(10,11)12/h6-7,13H,3-5H2,1-2H3. The fraction of sp³-hybridized carbons (Fsp3) is 0.889. The van der Waals surface area contributed by atoms with Crippen LogP contribution in [0.5, 0.6) is 0 Å². The Labute approximate surface area is 86.6 Å². The van der Waals surface area contributed by atoms with Crippen molar-refractivity contribution in [2.45, 2.75) is 25.6 Å². The molecule has 1 fully saturated rings. The highest BCUT2D eigenvalue weighted by Gasteiger charge is 2.36. The molecule has 1 aliphatic rings. The van der Waals surface area contributed by atoms with Crippen molar-refractivity contribution in [2.24, 2.45) is 5.92 Å². The molecule has 2 atom stereocenters. The van der Waals surface area contributed by atoms with Crippen LogP contribution >= 0.6 is 0 Å². The molecule has 1 aliphatic heterocycles. The first-order chi connectivity index (χ1) is 6.81. The monoisotopic (exact) mass is 224 g/mol. The number of halogens is 3. The Kier molecular flexibility index (Phi) is 3.59. The van der Waals surface area contributed by atoms with Crippen molar-refractivity contribution in [1.82, 2.24) is 10.2 Å². The maximum atomic E-state index is 12.0. The molecule has 1 amide bonds. The van der Waals surface area contributed by atoms with E-state index in [4.69, 9.17) is 0 Å². The third kappa shape index (κ3) is 3.37. The van der Waals surface area contributed by atoms with Crippen LogP contribution in [0.4, 0.5) is 13.2 Å². The first kappa shape index (κ1) is 12.3. The van der Waals surface area contributed by atoms with Crippen LogP contribution in [0.1, 0.15) is 13.3 Å². The highest BCUT2D eigenvalue weighted by atomic mass is 19.4. The summed E-state index contributed by atoms with van der Waals surface area (Å²) in [4.78, 5) is 12.4. The quantitative estimate of drug-likeness (QED) is 0.759. The third-order valence-electron chi connectivity index (χ3n) is 2.64. The molecule has 2 unspecified atom stereocenters. The van der Waals surface area contributed by atoms with Gasteiger partial charge in [0, 0.05) is 13.1 Å². The van der Waals surface area contributed by atoms with Crippen molar-refractivity contribution in [3.63, 3.8) is 0 Å². The molecule has 0 saturated carbocycles. The molecule has 0 aromatic rings. The minimum Gasteiger partial charge on any atom is -0.336 e. The van der Waals surface area contributed by atoms with Crippen molar-refractivity contribution in [3.8, 4) is 0 Å². The fourth-order valence-electron chi connectivity index (χ4n) is 1.83. The van der Waals surface area contributed by atoms with Gasteiger partial charge in [-0.1, -0.05) is 0 Å². The summed E-state index contributed by atoms with van der Waals surface area (Å²) in [5.41, 5.74) is 0. The summed E-state index contributed by atoms with van der Waals surface area (Å²) in [6.45, 7) is 1.34. The van der Waals surface area contributed by atoms with Gasteiger partial charge in [0.05, 0.1) is 5.92 Å². The molecule has 0 aromatic carbocycles. The SMILES string of the molecule is CC1NCCC1C(=O)N(C)CC(F)(F)F. The van der Waals surface area contributed by atoms with Gasteiger partial charge in [0.25, 0.3) is 0 Å².